The molecule has 2 aliphatic heterocycles. The fourth-order valence-electron chi connectivity index (χ4n) is 3.00. The zero-order valence-electron chi connectivity index (χ0n) is 11.7. The van der Waals surface area contributed by atoms with Crippen LogP contribution in [0.4, 0.5) is 4.79 Å². The molecule has 4 nitrogen and oxygen atoms in total. The van der Waals surface area contributed by atoms with Crippen molar-refractivity contribution in [2.75, 3.05) is 32.7 Å². The van der Waals surface area contributed by atoms with Gasteiger partial charge in [-0.25, -0.2) is 4.79 Å². The molecule has 0 aromatic carbocycles. The van der Waals surface area contributed by atoms with E-state index in [9.17, 15) is 4.79 Å². The maximum atomic E-state index is 12.5. The zero-order valence-corrected chi connectivity index (χ0v) is 11.7. The van der Waals surface area contributed by atoms with Crippen LogP contribution in [-0.4, -0.2) is 54.6 Å². The van der Waals surface area contributed by atoms with Crippen molar-refractivity contribution in [3.63, 3.8) is 0 Å². The third-order valence-corrected chi connectivity index (χ3v) is 3.99. The first-order valence-corrected chi connectivity index (χ1v) is 7.58. The predicted octanol–water partition coefficient (Wildman–Crippen LogP) is 2.06. The molecule has 2 heterocycles. The Balaban J connectivity index is 1.87. The van der Waals surface area contributed by atoms with Gasteiger partial charge in [0, 0.05) is 32.2 Å². The third-order valence-electron chi connectivity index (χ3n) is 3.99. The highest BCUT2D eigenvalue weighted by Gasteiger charge is 2.25. The first-order valence-electron chi connectivity index (χ1n) is 7.58. The highest BCUT2D eigenvalue weighted by atomic mass is 16.2. The molecule has 18 heavy (non-hydrogen) atoms. The van der Waals surface area contributed by atoms with E-state index in [2.05, 4.69) is 17.1 Å². The Morgan fingerprint density at radius 3 is 2.67 bits per heavy atom. The van der Waals surface area contributed by atoms with Gasteiger partial charge in [0.15, 0.2) is 0 Å². The normalized spacial score (nSPS) is 24.3. The molecule has 0 radical (unpaired) electrons. The van der Waals surface area contributed by atoms with Crippen LogP contribution in [0.2, 0.25) is 0 Å². The monoisotopic (exact) mass is 253 g/mol. The predicted molar refractivity (Wildman–Crippen MR) is 73.7 cm³/mol. The topological polar surface area (TPSA) is 35.6 Å². The van der Waals surface area contributed by atoms with E-state index in [1.54, 1.807) is 0 Å². The molecule has 2 fully saturated rings. The van der Waals surface area contributed by atoms with E-state index in [0.29, 0.717) is 6.04 Å². The number of nitrogens with one attached hydrogen (secondary N) is 1. The summed E-state index contributed by atoms with van der Waals surface area (Å²) in [6.07, 6.45) is 7.14. The molecule has 0 bridgehead atoms. The average Bonchev–Trinajstić information content (AvgIpc) is 2.91. The number of nitrogens with zero attached hydrogens (tertiary/aromatic N) is 2. The highest BCUT2D eigenvalue weighted by Crippen LogP contribution is 2.14. The molecule has 2 rings (SSSR count). The van der Waals surface area contributed by atoms with Gasteiger partial charge in [0.2, 0.25) is 0 Å². The average molecular weight is 253 g/mol. The van der Waals surface area contributed by atoms with Crippen LogP contribution in [0.1, 0.15) is 45.4 Å². The molecular weight excluding hydrogens is 226 g/mol. The summed E-state index contributed by atoms with van der Waals surface area (Å²) in [7, 11) is 0. The van der Waals surface area contributed by atoms with Crippen molar-refractivity contribution in [3.05, 3.63) is 0 Å². The van der Waals surface area contributed by atoms with Crippen LogP contribution in [0.3, 0.4) is 0 Å². The molecule has 0 aromatic heterocycles. The van der Waals surface area contributed by atoms with Gasteiger partial charge in [0.25, 0.3) is 0 Å². The minimum absolute atomic E-state index is 0.269. The van der Waals surface area contributed by atoms with Gasteiger partial charge in [-0.15, -0.1) is 0 Å². The number of likely N-dealkylation sites (tertiary alicyclic amines) is 1. The van der Waals surface area contributed by atoms with E-state index < -0.39 is 0 Å². The second kappa shape index (κ2) is 6.98. The standard InChI is InChI=1S/C14H27N3O/c1-2-9-17(12-13-7-6-8-15-13)14(18)16-10-4-3-5-11-16/h13,15H,2-12H2,1H3. The summed E-state index contributed by atoms with van der Waals surface area (Å²) in [6, 6.07) is 0.788. The van der Waals surface area contributed by atoms with Crippen LogP contribution in [0, 0.1) is 0 Å². The van der Waals surface area contributed by atoms with E-state index in [0.717, 1.165) is 39.1 Å². The van der Waals surface area contributed by atoms with Crippen molar-refractivity contribution >= 4 is 6.03 Å². The number of piperidine rings is 1. The number of amides is 2. The molecule has 1 atom stereocenters. The molecule has 2 aliphatic rings. The first kappa shape index (κ1) is 13.7. The van der Waals surface area contributed by atoms with E-state index in [-0.39, 0.29) is 6.03 Å². The van der Waals surface area contributed by atoms with Gasteiger partial charge in [-0.05, 0) is 45.1 Å². The molecule has 2 saturated heterocycles. The molecule has 2 amide bonds. The minimum atomic E-state index is 0.269. The Hall–Kier alpha value is -0.770. The van der Waals surface area contributed by atoms with Crippen LogP contribution in [0.25, 0.3) is 0 Å². The minimum Gasteiger partial charge on any atom is -0.325 e. The summed E-state index contributed by atoms with van der Waals surface area (Å²) < 4.78 is 0. The fraction of sp³-hybridized carbons (Fsp3) is 0.929. The Bertz CT molecular complexity index is 258. The lowest BCUT2D eigenvalue weighted by molar-refractivity contribution is 0.139. The molecule has 0 saturated carbocycles. The summed E-state index contributed by atoms with van der Waals surface area (Å²) in [4.78, 5) is 16.6. The summed E-state index contributed by atoms with van der Waals surface area (Å²) in [6.45, 7) is 6.96. The molecule has 1 N–H and O–H groups in total. The van der Waals surface area contributed by atoms with Gasteiger partial charge in [0.1, 0.15) is 0 Å². The van der Waals surface area contributed by atoms with E-state index in [1.165, 1.54) is 32.1 Å². The lowest BCUT2D eigenvalue weighted by Crippen LogP contribution is -2.49. The molecular formula is C14H27N3O. The summed E-state index contributed by atoms with van der Waals surface area (Å²) in [5.41, 5.74) is 0. The van der Waals surface area contributed by atoms with Crippen molar-refractivity contribution < 1.29 is 4.79 Å². The number of carbonyl (C=O) groups is 1. The van der Waals surface area contributed by atoms with Crippen molar-refractivity contribution in [2.45, 2.75) is 51.5 Å². The molecule has 4 heteroatoms. The van der Waals surface area contributed by atoms with E-state index >= 15 is 0 Å². The summed E-state index contributed by atoms with van der Waals surface area (Å²) in [5, 5.41) is 3.49. The Morgan fingerprint density at radius 1 is 1.28 bits per heavy atom. The lowest BCUT2D eigenvalue weighted by Gasteiger charge is -2.34. The van der Waals surface area contributed by atoms with Crippen molar-refractivity contribution in [1.82, 2.24) is 15.1 Å². The Kier molecular flexibility index (Phi) is 5.29. The number of urea groups is 1. The van der Waals surface area contributed by atoms with E-state index in [1.807, 2.05) is 4.90 Å². The number of hydrogen-bond donors (Lipinski definition) is 1. The molecule has 1 unspecified atom stereocenters. The highest BCUT2D eigenvalue weighted by molar-refractivity contribution is 5.74. The van der Waals surface area contributed by atoms with Crippen LogP contribution >= 0.6 is 0 Å². The SMILES string of the molecule is CCCN(CC1CCCN1)C(=O)N1CCCCC1. The van der Waals surface area contributed by atoms with Crippen molar-refractivity contribution in [2.24, 2.45) is 0 Å². The maximum absolute atomic E-state index is 12.5. The number of rotatable bonds is 4. The summed E-state index contributed by atoms with van der Waals surface area (Å²) in [5.74, 6) is 0. The van der Waals surface area contributed by atoms with Crippen LogP contribution in [0.5, 0.6) is 0 Å². The Labute approximate surface area is 111 Å². The molecule has 0 aromatic rings. The largest absolute Gasteiger partial charge is 0.325 e. The van der Waals surface area contributed by atoms with Gasteiger partial charge in [-0.2, -0.15) is 0 Å². The molecule has 0 spiro atoms. The molecule has 0 aliphatic carbocycles. The van der Waals surface area contributed by atoms with Crippen LogP contribution in [0.15, 0.2) is 0 Å². The smallest absolute Gasteiger partial charge is 0.320 e. The van der Waals surface area contributed by atoms with Crippen LogP contribution in [-0.2, 0) is 0 Å². The van der Waals surface area contributed by atoms with E-state index in [4.69, 9.17) is 0 Å². The van der Waals surface area contributed by atoms with Gasteiger partial charge in [-0.3, -0.25) is 0 Å². The fourth-order valence-corrected chi connectivity index (χ4v) is 3.00. The second-order valence-electron chi connectivity index (χ2n) is 5.57. The maximum Gasteiger partial charge on any atom is 0.320 e. The number of hydrogen-bond acceptors (Lipinski definition) is 2. The van der Waals surface area contributed by atoms with Gasteiger partial charge in [-0.1, -0.05) is 6.92 Å². The van der Waals surface area contributed by atoms with Crippen molar-refractivity contribution in [3.8, 4) is 0 Å². The van der Waals surface area contributed by atoms with Crippen molar-refractivity contribution in [1.29, 1.82) is 0 Å². The zero-order chi connectivity index (χ0) is 12.8. The number of carbonyl (C=O) groups excluding carboxylic acids is 1. The quantitative estimate of drug-likeness (QED) is 0.832. The lowest BCUT2D eigenvalue weighted by atomic mass is 10.1. The third kappa shape index (κ3) is 3.61. The Morgan fingerprint density at radius 2 is 2.06 bits per heavy atom. The second-order valence-corrected chi connectivity index (χ2v) is 5.57. The van der Waals surface area contributed by atoms with Gasteiger partial charge < -0.3 is 15.1 Å². The van der Waals surface area contributed by atoms with Gasteiger partial charge in [0.05, 0.1) is 0 Å². The van der Waals surface area contributed by atoms with Gasteiger partial charge >= 0.3 is 6.03 Å². The first-order chi connectivity index (χ1) is 8.81. The van der Waals surface area contributed by atoms with Crippen LogP contribution < -0.4 is 5.32 Å². The molecule has 104 valence electrons. The summed E-state index contributed by atoms with van der Waals surface area (Å²) >= 11 is 0.